The molecule has 0 radical (unpaired) electrons. The summed E-state index contributed by atoms with van der Waals surface area (Å²) in [6, 6.07) is 21.6. The van der Waals surface area contributed by atoms with Gasteiger partial charge in [0, 0.05) is 0 Å². The van der Waals surface area contributed by atoms with E-state index in [2.05, 4.69) is 94.5 Å². The fourth-order valence-electron chi connectivity index (χ4n) is 3.17. The maximum absolute atomic E-state index is 6.95. The molecule has 3 atom stereocenters. The second kappa shape index (κ2) is 8.63. The second-order valence-corrected chi connectivity index (χ2v) is 16.2. The first-order valence-corrected chi connectivity index (χ1v) is 14.6. The molecule has 1 fully saturated rings. The van der Waals surface area contributed by atoms with Crippen LogP contribution in [-0.4, -0.2) is 36.0 Å². The van der Waals surface area contributed by atoms with Crippen molar-refractivity contribution in [3.05, 3.63) is 66.2 Å². The maximum atomic E-state index is 6.95. The Hall–Kier alpha value is -0.904. The van der Waals surface area contributed by atoms with Crippen molar-refractivity contribution in [3.63, 3.8) is 0 Å². The van der Waals surface area contributed by atoms with Crippen LogP contribution in [0.2, 0.25) is 22.9 Å². The molecule has 0 aliphatic carbocycles. The summed E-state index contributed by atoms with van der Waals surface area (Å²) < 4.78 is 14.7. The Labute approximate surface area is 172 Å². The van der Waals surface area contributed by atoms with Crippen LogP contribution in [0.5, 0.6) is 0 Å². The van der Waals surface area contributed by atoms with Crippen molar-refractivity contribution in [2.24, 2.45) is 0 Å². The van der Waals surface area contributed by atoms with E-state index in [0.29, 0.717) is 19.8 Å². The minimum absolute atomic E-state index is 0.120. The Morgan fingerprint density at radius 3 is 2.15 bits per heavy atom. The average Bonchev–Trinajstić information content (AvgIpc) is 2.63. The van der Waals surface area contributed by atoms with Gasteiger partial charge in [0.05, 0.1) is 0 Å². The SMILES string of the molecule is CC(C)(C)[Si](C)(C)O[C@H]1CCO[C@@H](c2ccccc2)[C@@H]1[Se]c1ccccc1. The quantitative estimate of drug-likeness (QED) is 0.575. The van der Waals surface area contributed by atoms with Gasteiger partial charge in [0.15, 0.2) is 0 Å². The summed E-state index contributed by atoms with van der Waals surface area (Å²) in [6.07, 6.45) is 1.38. The molecule has 146 valence electrons. The molecule has 4 heteroatoms. The third kappa shape index (κ3) is 5.13. The number of hydrogen-bond acceptors (Lipinski definition) is 2. The molecule has 1 heterocycles. The van der Waals surface area contributed by atoms with E-state index in [9.17, 15) is 0 Å². The van der Waals surface area contributed by atoms with E-state index in [-0.39, 0.29) is 17.2 Å². The number of ether oxygens (including phenoxy) is 1. The van der Waals surface area contributed by atoms with Gasteiger partial charge in [0.1, 0.15) is 0 Å². The Morgan fingerprint density at radius 2 is 1.56 bits per heavy atom. The molecule has 2 nitrogen and oxygen atoms in total. The van der Waals surface area contributed by atoms with Crippen molar-refractivity contribution in [2.45, 2.75) is 62.3 Å². The fourth-order valence-corrected chi connectivity index (χ4v) is 7.56. The zero-order chi connectivity index (χ0) is 19.5. The summed E-state index contributed by atoms with van der Waals surface area (Å²) in [5, 5.41) is 0.220. The van der Waals surface area contributed by atoms with Crippen molar-refractivity contribution in [2.75, 3.05) is 6.61 Å². The van der Waals surface area contributed by atoms with Crippen molar-refractivity contribution in [3.8, 4) is 0 Å². The van der Waals surface area contributed by atoms with Crippen molar-refractivity contribution in [1.29, 1.82) is 0 Å². The van der Waals surface area contributed by atoms with E-state index >= 15 is 0 Å². The molecule has 0 bridgehead atoms. The minimum atomic E-state index is -1.83. The number of rotatable bonds is 5. The Bertz CT molecular complexity index is 712. The summed E-state index contributed by atoms with van der Waals surface area (Å²) >= 11 is 0.301. The Balaban J connectivity index is 1.90. The standard InChI is InChI=1S/C23H32O2SeSi/c1-23(2,3)27(4,5)25-20-16-17-24-21(18-12-8-6-9-13-18)22(20)26-19-14-10-7-11-15-19/h6-15,20-22H,16-17H2,1-5H3/t20-,21-,22+/m0/s1. The molecule has 0 N–H and O–H groups in total. The molecule has 0 aromatic heterocycles. The second-order valence-electron chi connectivity index (χ2n) is 8.80. The summed E-state index contributed by atoms with van der Waals surface area (Å²) in [5.41, 5.74) is 1.28. The molecule has 0 amide bonds. The Morgan fingerprint density at radius 1 is 0.963 bits per heavy atom. The van der Waals surface area contributed by atoms with Crippen LogP contribution in [0.25, 0.3) is 0 Å². The summed E-state index contributed by atoms with van der Waals surface area (Å²) in [5.74, 6) is 0. The van der Waals surface area contributed by atoms with Crippen molar-refractivity contribution < 1.29 is 9.16 Å². The van der Waals surface area contributed by atoms with E-state index in [1.54, 1.807) is 0 Å². The van der Waals surface area contributed by atoms with Gasteiger partial charge in [-0.25, -0.2) is 0 Å². The van der Waals surface area contributed by atoms with E-state index in [1.165, 1.54) is 10.0 Å². The first-order valence-electron chi connectivity index (χ1n) is 9.84. The van der Waals surface area contributed by atoms with Gasteiger partial charge in [-0.15, -0.1) is 0 Å². The van der Waals surface area contributed by atoms with Gasteiger partial charge in [-0.1, -0.05) is 0 Å². The van der Waals surface area contributed by atoms with Gasteiger partial charge < -0.3 is 0 Å². The van der Waals surface area contributed by atoms with Crippen LogP contribution in [0.4, 0.5) is 0 Å². The van der Waals surface area contributed by atoms with Crippen LogP contribution in [0.1, 0.15) is 38.9 Å². The van der Waals surface area contributed by atoms with E-state index in [4.69, 9.17) is 9.16 Å². The summed E-state index contributed by atoms with van der Waals surface area (Å²) in [4.78, 5) is 0.394. The van der Waals surface area contributed by atoms with Gasteiger partial charge in [0.25, 0.3) is 0 Å². The molecule has 2 aromatic carbocycles. The van der Waals surface area contributed by atoms with Crippen molar-refractivity contribution in [1.82, 2.24) is 0 Å². The summed E-state index contributed by atoms with van der Waals surface area (Å²) in [7, 11) is -1.83. The van der Waals surface area contributed by atoms with Gasteiger partial charge in [-0.3, -0.25) is 0 Å². The molecule has 2 aromatic rings. The third-order valence-electron chi connectivity index (χ3n) is 5.76. The van der Waals surface area contributed by atoms with Crippen LogP contribution >= 0.6 is 0 Å². The fraction of sp³-hybridized carbons (Fsp3) is 0.478. The molecule has 1 saturated heterocycles. The first-order chi connectivity index (χ1) is 12.8. The predicted octanol–water partition coefficient (Wildman–Crippen LogP) is 5.36. The zero-order valence-corrected chi connectivity index (χ0v) is 19.9. The molecular formula is C23H32O2SeSi. The molecular weight excluding hydrogens is 415 g/mol. The predicted molar refractivity (Wildman–Crippen MR) is 117 cm³/mol. The normalized spacial score (nSPS) is 24.0. The third-order valence-corrected chi connectivity index (χ3v) is 13.1. The molecule has 0 spiro atoms. The molecule has 1 aliphatic rings. The topological polar surface area (TPSA) is 18.5 Å². The van der Waals surface area contributed by atoms with Gasteiger partial charge >= 0.3 is 172 Å². The number of benzene rings is 2. The van der Waals surface area contributed by atoms with Crippen LogP contribution in [0, 0.1) is 0 Å². The van der Waals surface area contributed by atoms with Crippen LogP contribution in [0.3, 0.4) is 0 Å². The monoisotopic (exact) mass is 448 g/mol. The average molecular weight is 448 g/mol. The van der Waals surface area contributed by atoms with Gasteiger partial charge in [0.2, 0.25) is 0 Å². The van der Waals surface area contributed by atoms with Crippen LogP contribution < -0.4 is 4.46 Å². The summed E-state index contributed by atoms with van der Waals surface area (Å²) in [6.45, 7) is 12.5. The molecule has 0 saturated carbocycles. The zero-order valence-electron chi connectivity index (χ0n) is 17.1. The van der Waals surface area contributed by atoms with Crippen LogP contribution in [0.15, 0.2) is 60.7 Å². The van der Waals surface area contributed by atoms with E-state index in [0.717, 1.165) is 13.0 Å². The van der Waals surface area contributed by atoms with E-state index < -0.39 is 8.32 Å². The first kappa shape index (κ1) is 20.8. The Kier molecular flexibility index (Phi) is 6.65. The molecule has 0 unspecified atom stereocenters. The molecule has 3 rings (SSSR count). The molecule has 1 aliphatic heterocycles. The van der Waals surface area contributed by atoms with Gasteiger partial charge in [-0.05, 0) is 0 Å². The van der Waals surface area contributed by atoms with Gasteiger partial charge in [-0.2, -0.15) is 0 Å². The van der Waals surface area contributed by atoms with E-state index in [1.807, 2.05) is 0 Å². The van der Waals surface area contributed by atoms with Crippen molar-refractivity contribution >= 4 is 27.7 Å². The van der Waals surface area contributed by atoms with Crippen LogP contribution in [-0.2, 0) is 9.16 Å². The molecule has 27 heavy (non-hydrogen) atoms. The number of hydrogen-bond donors (Lipinski definition) is 0.